The lowest BCUT2D eigenvalue weighted by molar-refractivity contribution is 1.12. The third-order valence-electron chi connectivity index (χ3n) is 1.87. The molecule has 1 nitrogen and oxygen atoms in total. The van der Waals surface area contributed by atoms with Crippen LogP contribution in [0.3, 0.4) is 0 Å². The van der Waals surface area contributed by atoms with Gasteiger partial charge in [0.15, 0.2) is 0 Å². The Hall–Kier alpha value is -0.990. The number of halogens is 1. The van der Waals surface area contributed by atoms with Crippen LogP contribution < -0.4 is 0 Å². The Morgan fingerprint density at radius 3 is 2.60 bits per heavy atom. The topological polar surface area (TPSA) is 12.9 Å². The number of hydrogen-bond acceptors (Lipinski definition) is 2. The van der Waals surface area contributed by atoms with Gasteiger partial charge in [0.2, 0.25) is 0 Å². The van der Waals surface area contributed by atoms with Gasteiger partial charge in [0.25, 0.3) is 0 Å². The van der Waals surface area contributed by atoms with Crippen molar-refractivity contribution in [3.05, 3.63) is 59.2 Å². The summed E-state index contributed by atoms with van der Waals surface area (Å²) in [4.78, 5) is 4.10. The molecule has 1 radical (unpaired) electrons. The maximum absolute atomic E-state index is 5.70. The second-order valence-corrected chi connectivity index (χ2v) is 4.42. The Labute approximate surface area is 98.5 Å². The molecule has 0 amide bonds. The zero-order chi connectivity index (χ0) is 10.5. The van der Waals surface area contributed by atoms with Gasteiger partial charge in [0.1, 0.15) is 6.20 Å². The smallest absolute Gasteiger partial charge is 0.110 e. The molecule has 1 aromatic heterocycles. The summed E-state index contributed by atoms with van der Waals surface area (Å²) >= 11 is 7.38. The molecule has 0 aliphatic heterocycles. The largest absolute Gasteiger partial charge is 0.238 e. The van der Waals surface area contributed by atoms with Gasteiger partial charge in [-0.15, -0.1) is 11.8 Å². The Morgan fingerprint density at radius 1 is 1.13 bits per heavy atom. The van der Waals surface area contributed by atoms with Gasteiger partial charge in [-0.05, 0) is 17.7 Å². The summed E-state index contributed by atoms with van der Waals surface area (Å²) in [6.45, 7) is 0. The maximum Gasteiger partial charge on any atom is 0.110 e. The van der Waals surface area contributed by atoms with Crippen LogP contribution in [0.4, 0.5) is 0 Å². The van der Waals surface area contributed by atoms with Crippen molar-refractivity contribution in [2.24, 2.45) is 0 Å². The summed E-state index contributed by atoms with van der Waals surface area (Å²) in [5.41, 5.74) is 1.29. The molecule has 0 bridgehead atoms. The van der Waals surface area contributed by atoms with E-state index >= 15 is 0 Å². The van der Waals surface area contributed by atoms with Crippen LogP contribution in [0.5, 0.6) is 0 Å². The van der Waals surface area contributed by atoms with Gasteiger partial charge in [-0.3, -0.25) is 0 Å². The first-order valence-corrected chi connectivity index (χ1v) is 5.92. The fourth-order valence-corrected chi connectivity index (χ4v) is 2.03. The normalized spacial score (nSPS) is 10.2. The van der Waals surface area contributed by atoms with Gasteiger partial charge in [-0.25, -0.2) is 4.98 Å². The van der Waals surface area contributed by atoms with Gasteiger partial charge in [-0.2, -0.15) is 0 Å². The monoisotopic (exact) mass is 234 g/mol. The molecule has 0 saturated carbocycles. The Balaban J connectivity index is 1.96. The summed E-state index contributed by atoms with van der Waals surface area (Å²) in [5, 5.41) is 1.50. The highest BCUT2D eigenvalue weighted by atomic mass is 35.5. The number of rotatable bonds is 3. The van der Waals surface area contributed by atoms with Gasteiger partial charge >= 0.3 is 0 Å². The van der Waals surface area contributed by atoms with Crippen molar-refractivity contribution in [1.82, 2.24) is 4.98 Å². The fourth-order valence-electron chi connectivity index (χ4n) is 1.14. The predicted octanol–water partition coefficient (Wildman–Crippen LogP) is 3.83. The van der Waals surface area contributed by atoms with Crippen LogP contribution in [0.1, 0.15) is 5.56 Å². The molecule has 1 aromatic carbocycles. The molecular weight excluding hydrogens is 226 g/mol. The first-order valence-electron chi connectivity index (χ1n) is 4.55. The highest BCUT2D eigenvalue weighted by molar-refractivity contribution is 7.98. The molecule has 75 valence electrons. The van der Waals surface area contributed by atoms with Gasteiger partial charge < -0.3 is 0 Å². The average molecular weight is 235 g/mol. The maximum atomic E-state index is 5.70. The second kappa shape index (κ2) is 5.19. The molecular formula is C12H9ClNS. The van der Waals surface area contributed by atoms with Crippen LogP contribution >= 0.6 is 23.4 Å². The average Bonchev–Trinajstić information content (AvgIpc) is 2.30. The molecule has 0 fully saturated rings. The first-order chi connectivity index (χ1) is 7.34. The molecule has 0 N–H and O–H groups in total. The van der Waals surface area contributed by atoms with E-state index in [1.807, 2.05) is 30.3 Å². The molecule has 0 aliphatic rings. The lowest BCUT2D eigenvalue weighted by atomic mass is 10.2. The van der Waals surface area contributed by atoms with E-state index in [2.05, 4.69) is 23.3 Å². The van der Waals surface area contributed by atoms with Gasteiger partial charge in [-0.1, -0.05) is 41.9 Å². The Morgan fingerprint density at radius 2 is 1.93 bits per heavy atom. The summed E-state index contributed by atoms with van der Waals surface area (Å²) in [5.74, 6) is 0.920. The van der Waals surface area contributed by atoms with Crippen molar-refractivity contribution in [2.45, 2.75) is 10.8 Å². The molecule has 2 aromatic rings. The van der Waals surface area contributed by atoms with E-state index in [-0.39, 0.29) is 0 Å². The zero-order valence-electron chi connectivity index (χ0n) is 7.98. The molecule has 0 aliphatic carbocycles. The number of nitrogens with zero attached hydrogens (tertiary/aromatic N) is 1. The van der Waals surface area contributed by atoms with Crippen molar-refractivity contribution in [3.8, 4) is 0 Å². The second-order valence-electron chi connectivity index (χ2n) is 3.02. The molecule has 0 atom stereocenters. The minimum Gasteiger partial charge on any atom is -0.238 e. The van der Waals surface area contributed by atoms with Crippen molar-refractivity contribution in [1.29, 1.82) is 0 Å². The van der Waals surface area contributed by atoms with E-state index in [0.717, 1.165) is 10.8 Å². The van der Waals surface area contributed by atoms with E-state index < -0.39 is 0 Å². The van der Waals surface area contributed by atoms with Crippen molar-refractivity contribution >= 4 is 23.4 Å². The van der Waals surface area contributed by atoms with Crippen LogP contribution in [0.2, 0.25) is 5.02 Å². The van der Waals surface area contributed by atoms with Crippen LogP contribution in [0.25, 0.3) is 0 Å². The number of pyridine rings is 1. The summed E-state index contributed by atoms with van der Waals surface area (Å²) < 4.78 is 0. The van der Waals surface area contributed by atoms with Crippen LogP contribution in [-0.2, 0) is 5.75 Å². The third-order valence-corrected chi connectivity index (χ3v) is 3.09. The van der Waals surface area contributed by atoms with Gasteiger partial charge in [0.05, 0.1) is 10.0 Å². The molecule has 0 unspecified atom stereocenters. The van der Waals surface area contributed by atoms with E-state index in [1.165, 1.54) is 5.56 Å². The number of hydrogen-bond donors (Lipinski definition) is 0. The standard InChI is InChI=1S/C12H9ClNS/c13-11-6-7-12(14-8-11)15-9-10-4-2-1-3-5-10/h1-7H,9H2. The molecule has 3 heteroatoms. The minimum atomic E-state index is 0.555. The van der Waals surface area contributed by atoms with Crippen molar-refractivity contribution in [2.75, 3.05) is 0 Å². The molecule has 0 saturated heterocycles. The van der Waals surface area contributed by atoms with Crippen LogP contribution in [-0.4, -0.2) is 4.98 Å². The van der Waals surface area contributed by atoms with E-state index in [4.69, 9.17) is 11.6 Å². The molecule has 15 heavy (non-hydrogen) atoms. The van der Waals surface area contributed by atoms with E-state index in [9.17, 15) is 0 Å². The van der Waals surface area contributed by atoms with E-state index in [1.54, 1.807) is 11.8 Å². The lowest BCUT2D eigenvalue weighted by Gasteiger charge is -2.00. The van der Waals surface area contributed by atoms with Crippen molar-refractivity contribution < 1.29 is 0 Å². The third kappa shape index (κ3) is 3.26. The fraction of sp³-hybridized carbons (Fsp3) is 0.0833. The molecule has 1 heterocycles. The SMILES string of the molecule is Clc1[c]nc(SCc2ccccc2)cc1. The summed E-state index contributed by atoms with van der Waals surface area (Å²) in [7, 11) is 0. The van der Waals surface area contributed by atoms with Crippen LogP contribution in [0, 0.1) is 6.20 Å². The quantitative estimate of drug-likeness (QED) is 0.749. The summed E-state index contributed by atoms with van der Waals surface area (Å²) in [6, 6.07) is 14.0. The Kier molecular flexibility index (Phi) is 3.64. The number of aromatic nitrogens is 1. The lowest BCUT2D eigenvalue weighted by Crippen LogP contribution is -1.82. The van der Waals surface area contributed by atoms with E-state index in [0.29, 0.717) is 5.02 Å². The molecule has 2 rings (SSSR count). The minimum absolute atomic E-state index is 0.555. The molecule has 0 spiro atoms. The van der Waals surface area contributed by atoms with Crippen molar-refractivity contribution in [3.63, 3.8) is 0 Å². The Bertz CT molecular complexity index is 413. The first kappa shape index (κ1) is 10.5. The highest BCUT2D eigenvalue weighted by Gasteiger charge is 1.97. The highest BCUT2D eigenvalue weighted by Crippen LogP contribution is 2.21. The zero-order valence-corrected chi connectivity index (χ0v) is 9.55. The summed E-state index contributed by atoms with van der Waals surface area (Å²) in [6.07, 6.45) is 2.73. The number of benzene rings is 1. The van der Waals surface area contributed by atoms with Crippen LogP contribution in [0.15, 0.2) is 47.5 Å². The number of thioether (sulfide) groups is 1. The van der Waals surface area contributed by atoms with Gasteiger partial charge in [0, 0.05) is 5.75 Å². The predicted molar refractivity (Wildman–Crippen MR) is 64.1 cm³/mol.